The number of carbonyl (C=O) groups is 1. The number of phosphoric acid groups is 1. The summed E-state index contributed by atoms with van der Waals surface area (Å²) in [7, 11) is 1.61. The van der Waals surface area contributed by atoms with Crippen molar-refractivity contribution in [3.63, 3.8) is 0 Å². The summed E-state index contributed by atoms with van der Waals surface area (Å²) in [6.45, 7) is 4.87. The molecule has 0 spiro atoms. The fourth-order valence-corrected chi connectivity index (χ4v) is 8.44. The summed E-state index contributed by atoms with van der Waals surface area (Å²) in [6, 6.07) is -0.768. The molecular formula is C53H104N2O6P+. The summed E-state index contributed by atoms with van der Waals surface area (Å²) in [4.78, 5) is 23.3. The second kappa shape index (κ2) is 44.9. The Bertz CT molecular complexity index is 1110. The molecule has 3 atom stereocenters. The SMILES string of the molecule is CCCCC/C=C\C/C=C\C/C=C\CCCCCCCCC(=O)NC(COP(=O)(O)OCC[N+](C)(C)C)C(O)CCCCCCCCCCCCCCCCCCCCCCC. The van der Waals surface area contributed by atoms with Crippen LogP contribution in [0.3, 0.4) is 0 Å². The van der Waals surface area contributed by atoms with Crippen LogP contribution in [0.25, 0.3) is 0 Å². The molecular weight excluding hydrogens is 792 g/mol. The number of quaternary nitrogens is 1. The molecule has 1 amide bonds. The van der Waals surface area contributed by atoms with Crippen molar-refractivity contribution in [2.24, 2.45) is 0 Å². The van der Waals surface area contributed by atoms with Gasteiger partial charge in [-0.2, -0.15) is 0 Å². The lowest BCUT2D eigenvalue weighted by atomic mass is 10.0. The summed E-state index contributed by atoms with van der Waals surface area (Å²) in [5.41, 5.74) is 0. The van der Waals surface area contributed by atoms with Crippen molar-refractivity contribution in [2.45, 2.75) is 257 Å². The summed E-state index contributed by atoms with van der Waals surface area (Å²) >= 11 is 0. The number of aliphatic hydroxyl groups excluding tert-OH is 1. The quantitative estimate of drug-likeness (QED) is 0.0243. The van der Waals surface area contributed by atoms with Gasteiger partial charge in [-0.05, 0) is 51.4 Å². The third kappa shape index (κ3) is 46.7. The van der Waals surface area contributed by atoms with Gasteiger partial charge in [-0.1, -0.05) is 224 Å². The zero-order chi connectivity index (χ0) is 45.7. The maximum atomic E-state index is 13.0. The lowest BCUT2D eigenvalue weighted by Gasteiger charge is -2.26. The largest absolute Gasteiger partial charge is 0.472 e. The van der Waals surface area contributed by atoms with Crippen molar-refractivity contribution in [1.82, 2.24) is 5.32 Å². The van der Waals surface area contributed by atoms with Gasteiger partial charge in [-0.3, -0.25) is 13.8 Å². The van der Waals surface area contributed by atoms with Crippen molar-refractivity contribution < 1.29 is 32.9 Å². The molecule has 0 radical (unpaired) electrons. The summed E-state index contributed by atoms with van der Waals surface area (Å²) in [6.07, 6.45) is 56.1. The number of rotatable bonds is 48. The normalized spacial score (nSPS) is 14.4. The Balaban J connectivity index is 4.27. The molecule has 0 fully saturated rings. The highest BCUT2D eigenvalue weighted by atomic mass is 31.2. The van der Waals surface area contributed by atoms with E-state index in [9.17, 15) is 19.4 Å². The molecule has 0 aliphatic rings. The average Bonchev–Trinajstić information content (AvgIpc) is 3.23. The number of hydrogen-bond donors (Lipinski definition) is 3. The predicted octanol–water partition coefficient (Wildman–Crippen LogP) is 15.4. The van der Waals surface area contributed by atoms with E-state index in [0.29, 0.717) is 23.9 Å². The molecule has 3 unspecified atom stereocenters. The fourth-order valence-electron chi connectivity index (χ4n) is 7.70. The number of phosphoric ester groups is 1. The van der Waals surface area contributed by atoms with Gasteiger partial charge in [0.25, 0.3) is 0 Å². The maximum absolute atomic E-state index is 13.0. The Morgan fingerprint density at radius 3 is 1.37 bits per heavy atom. The molecule has 0 aliphatic carbocycles. The third-order valence-corrected chi connectivity index (χ3v) is 12.9. The van der Waals surface area contributed by atoms with Crippen LogP contribution in [-0.4, -0.2) is 73.4 Å². The average molecular weight is 896 g/mol. The van der Waals surface area contributed by atoms with Crippen LogP contribution >= 0.6 is 7.82 Å². The van der Waals surface area contributed by atoms with Gasteiger partial charge in [0.15, 0.2) is 0 Å². The standard InChI is InChI=1S/C53H103N2O6P/c1-6-8-10-12-14-16-18-20-22-24-26-27-29-30-32-34-36-38-40-42-44-46-52(56)51(50-61-62(58,59)60-49-48-55(3,4)5)54-53(57)47-45-43-41-39-37-35-33-31-28-25-23-21-19-17-15-13-11-9-7-2/h15,17,21,23,28,31,51-52,56H,6-14,16,18-20,22,24-27,29-30,32-50H2,1-5H3,(H-,54,57,58,59)/p+1/b17-15-,23-21-,31-28-. The highest BCUT2D eigenvalue weighted by molar-refractivity contribution is 7.47. The number of hydrogen-bond acceptors (Lipinski definition) is 5. The van der Waals surface area contributed by atoms with Crippen LogP contribution in [-0.2, 0) is 18.4 Å². The van der Waals surface area contributed by atoms with Crippen molar-refractivity contribution >= 4 is 13.7 Å². The molecule has 0 aromatic carbocycles. The number of nitrogens with one attached hydrogen (secondary N) is 1. The van der Waals surface area contributed by atoms with Crippen LogP contribution in [0.15, 0.2) is 36.5 Å². The Labute approximate surface area is 385 Å². The molecule has 8 nitrogen and oxygen atoms in total. The van der Waals surface area contributed by atoms with Crippen LogP contribution in [0.4, 0.5) is 0 Å². The van der Waals surface area contributed by atoms with Crippen molar-refractivity contribution in [3.8, 4) is 0 Å². The first-order valence-corrected chi connectivity index (χ1v) is 27.8. The van der Waals surface area contributed by atoms with E-state index in [2.05, 4.69) is 55.6 Å². The first-order valence-electron chi connectivity index (χ1n) is 26.4. The van der Waals surface area contributed by atoms with E-state index in [4.69, 9.17) is 9.05 Å². The number of carbonyl (C=O) groups excluding carboxylic acids is 1. The Hall–Kier alpha value is -1.28. The van der Waals surface area contributed by atoms with E-state index >= 15 is 0 Å². The van der Waals surface area contributed by atoms with E-state index in [-0.39, 0.29) is 19.1 Å². The number of unbranched alkanes of at least 4 members (excludes halogenated alkanes) is 29. The van der Waals surface area contributed by atoms with Crippen molar-refractivity contribution in [3.05, 3.63) is 36.5 Å². The molecule has 0 saturated heterocycles. The Morgan fingerprint density at radius 1 is 0.548 bits per heavy atom. The van der Waals surface area contributed by atoms with E-state index in [1.165, 1.54) is 154 Å². The zero-order valence-electron chi connectivity index (χ0n) is 41.6. The number of allylic oxidation sites excluding steroid dienone is 6. The molecule has 0 rings (SSSR count). The van der Waals surface area contributed by atoms with Crippen LogP contribution in [0.2, 0.25) is 0 Å². The molecule has 0 saturated carbocycles. The zero-order valence-corrected chi connectivity index (χ0v) is 42.5. The molecule has 0 aliphatic heterocycles. The summed E-state index contributed by atoms with van der Waals surface area (Å²) < 4.78 is 23.7. The monoisotopic (exact) mass is 896 g/mol. The van der Waals surface area contributed by atoms with Crippen LogP contribution in [0, 0.1) is 0 Å². The highest BCUT2D eigenvalue weighted by Gasteiger charge is 2.28. The number of amides is 1. The van der Waals surface area contributed by atoms with Crippen molar-refractivity contribution in [2.75, 3.05) is 40.9 Å². The molecule has 0 bridgehead atoms. The molecule has 0 aromatic rings. The minimum Gasteiger partial charge on any atom is -0.391 e. The van der Waals surface area contributed by atoms with Gasteiger partial charge in [-0.15, -0.1) is 0 Å². The van der Waals surface area contributed by atoms with Gasteiger partial charge in [0.1, 0.15) is 13.2 Å². The van der Waals surface area contributed by atoms with Crippen LogP contribution in [0.5, 0.6) is 0 Å². The molecule has 9 heteroatoms. The predicted molar refractivity (Wildman–Crippen MR) is 268 cm³/mol. The lowest BCUT2D eigenvalue weighted by molar-refractivity contribution is -0.870. The number of nitrogens with zero attached hydrogens (tertiary/aromatic N) is 1. The molecule has 3 N–H and O–H groups in total. The van der Waals surface area contributed by atoms with Gasteiger partial charge in [-0.25, -0.2) is 4.57 Å². The van der Waals surface area contributed by atoms with Gasteiger partial charge < -0.3 is 19.8 Å². The van der Waals surface area contributed by atoms with E-state index in [0.717, 1.165) is 64.2 Å². The first-order chi connectivity index (χ1) is 30.0. The highest BCUT2D eigenvalue weighted by Crippen LogP contribution is 2.43. The molecule has 0 aromatic heterocycles. The minimum atomic E-state index is -4.32. The molecule has 62 heavy (non-hydrogen) atoms. The van der Waals surface area contributed by atoms with Crippen LogP contribution in [0.1, 0.15) is 245 Å². The lowest BCUT2D eigenvalue weighted by Crippen LogP contribution is -2.46. The van der Waals surface area contributed by atoms with Gasteiger partial charge in [0, 0.05) is 6.42 Å². The van der Waals surface area contributed by atoms with E-state index in [1.54, 1.807) is 0 Å². The topological polar surface area (TPSA) is 105 Å². The van der Waals surface area contributed by atoms with Gasteiger partial charge in [0.2, 0.25) is 5.91 Å². The number of likely N-dealkylation sites (N-methyl/N-ethyl adjacent to an activating group) is 1. The van der Waals surface area contributed by atoms with Gasteiger partial charge >= 0.3 is 7.82 Å². The smallest absolute Gasteiger partial charge is 0.391 e. The van der Waals surface area contributed by atoms with Crippen LogP contribution < -0.4 is 5.32 Å². The van der Waals surface area contributed by atoms with Gasteiger partial charge in [0.05, 0.1) is 39.9 Å². The Kier molecular flexibility index (Phi) is 44.0. The van der Waals surface area contributed by atoms with E-state index in [1.807, 2.05) is 21.1 Å². The summed E-state index contributed by atoms with van der Waals surface area (Å²) in [5.74, 6) is -0.155. The van der Waals surface area contributed by atoms with E-state index < -0.39 is 20.0 Å². The number of aliphatic hydroxyl groups is 1. The van der Waals surface area contributed by atoms with Crippen molar-refractivity contribution in [1.29, 1.82) is 0 Å². The summed E-state index contributed by atoms with van der Waals surface area (Å²) in [5, 5.41) is 14.0. The Morgan fingerprint density at radius 2 is 0.919 bits per heavy atom. The second-order valence-electron chi connectivity index (χ2n) is 19.3. The first kappa shape index (κ1) is 60.7. The fraction of sp³-hybridized carbons (Fsp3) is 0.868. The second-order valence-corrected chi connectivity index (χ2v) is 20.7. The maximum Gasteiger partial charge on any atom is 0.472 e. The molecule has 0 heterocycles. The third-order valence-electron chi connectivity index (χ3n) is 11.9. The molecule has 366 valence electrons. The minimum absolute atomic E-state index is 0.0716.